The van der Waals surface area contributed by atoms with Gasteiger partial charge >= 0.3 is 0 Å². The van der Waals surface area contributed by atoms with Gasteiger partial charge in [0.05, 0.1) is 11.0 Å². The van der Waals surface area contributed by atoms with Crippen LogP contribution in [0.4, 0.5) is 17.1 Å². The molecule has 0 radical (unpaired) electrons. The Morgan fingerprint density at radius 3 is 1.77 bits per heavy atom. The van der Waals surface area contributed by atoms with E-state index in [2.05, 4.69) is 243 Å². The van der Waals surface area contributed by atoms with Crippen LogP contribution in [0.3, 0.4) is 0 Å². The third-order valence-electron chi connectivity index (χ3n) is 12.5. The number of benzene rings is 9. The van der Waals surface area contributed by atoms with E-state index in [4.69, 9.17) is 0 Å². The van der Waals surface area contributed by atoms with Crippen molar-refractivity contribution in [2.45, 2.75) is 26.2 Å². The summed E-state index contributed by atoms with van der Waals surface area (Å²) in [5, 5.41) is 5.28. The van der Waals surface area contributed by atoms with Gasteiger partial charge in [-0.25, -0.2) is 0 Å². The second-order valence-corrected chi connectivity index (χ2v) is 17.7. The second-order valence-electron chi connectivity index (χ2n) is 16.6. The monoisotopic (exact) mass is 800 g/mol. The Balaban J connectivity index is 0.000000273. The van der Waals surface area contributed by atoms with Gasteiger partial charge < -0.3 is 9.47 Å². The first-order valence-electron chi connectivity index (χ1n) is 21.1. The molecule has 0 N–H and O–H groups in total. The smallest absolute Gasteiger partial charge is 0.0541 e. The molecule has 2 heterocycles. The number of para-hydroxylation sites is 3. The minimum absolute atomic E-state index is 0.0730. The third-order valence-corrected chi connectivity index (χ3v) is 13.6. The number of thiophene rings is 1. The summed E-state index contributed by atoms with van der Waals surface area (Å²) < 4.78 is 5.13. The predicted octanol–water partition coefficient (Wildman–Crippen LogP) is 16.6. The van der Waals surface area contributed by atoms with Crippen molar-refractivity contribution >= 4 is 70.4 Å². The van der Waals surface area contributed by atoms with Crippen LogP contribution in [0, 0.1) is 6.92 Å². The first-order chi connectivity index (χ1) is 29.9. The highest BCUT2D eigenvalue weighted by molar-refractivity contribution is 7.25. The summed E-state index contributed by atoms with van der Waals surface area (Å²) in [4.78, 5) is 2.41. The average Bonchev–Trinajstić information content (AvgIpc) is 3.92. The van der Waals surface area contributed by atoms with Gasteiger partial charge in [-0.3, -0.25) is 0 Å². The number of anilines is 3. The zero-order valence-electron chi connectivity index (χ0n) is 34.5. The molecule has 0 spiro atoms. The molecule has 2 nitrogen and oxygen atoms in total. The van der Waals surface area contributed by atoms with Gasteiger partial charge in [-0.2, -0.15) is 0 Å². The van der Waals surface area contributed by atoms with Crippen LogP contribution in [0.5, 0.6) is 0 Å². The molecular formula is C58H44N2S. The first kappa shape index (κ1) is 36.8. The molecule has 1 aliphatic rings. The van der Waals surface area contributed by atoms with Crippen LogP contribution >= 0.6 is 11.3 Å². The van der Waals surface area contributed by atoms with E-state index >= 15 is 0 Å². The number of fused-ring (bicyclic) bond motifs is 9. The van der Waals surface area contributed by atoms with Gasteiger partial charge in [0.2, 0.25) is 0 Å². The molecule has 292 valence electrons. The maximum atomic E-state index is 2.41. The lowest BCUT2D eigenvalue weighted by Crippen LogP contribution is -2.16. The van der Waals surface area contributed by atoms with E-state index in [9.17, 15) is 0 Å². The molecule has 11 aromatic rings. The van der Waals surface area contributed by atoms with Crippen LogP contribution in [0.15, 0.2) is 212 Å². The molecule has 3 heteroatoms. The van der Waals surface area contributed by atoms with E-state index in [-0.39, 0.29) is 5.41 Å². The summed E-state index contributed by atoms with van der Waals surface area (Å²) in [5.41, 5.74) is 16.1. The normalized spacial score (nSPS) is 12.6. The van der Waals surface area contributed by atoms with E-state index in [0.29, 0.717) is 0 Å². The first-order valence-corrected chi connectivity index (χ1v) is 21.9. The molecule has 12 rings (SSSR count). The molecule has 0 saturated heterocycles. The molecule has 1 aliphatic carbocycles. The largest absolute Gasteiger partial charge is 0.310 e. The maximum Gasteiger partial charge on any atom is 0.0541 e. The van der Waals surface area contributed by atoms with Crippen molar-refractivity contribution in [1.82, 2.24) is 4.57 Å². The van der Waals surface area contributed by atoms with Gasteiger partial charge in [0.1, 0.15) is 0 Å². The van der Waals surface area contributed by atoms with Crippen molar-refractivity contribution in [3.63, 3.8) is 0 Å². The van der Waals surface area contributed by atoms with Crippen LogP contribution in [-0.4, -0.2) is 4.57 Å². The number of rotatable bonds is 5. The summed E-state index contributed by atoms with van der Waals surface area (Å²) in [6.45, 7) is 6.91. The molecule has 0 unspecified atom stereocenters. The van der Waals surface area contributed by atoms with Gasteiger partial charge in [0, 0.05) is 59.1 Å². The zero-order chi connectivity index (χ0) is 41.1. The van der Waals surface area contributed by atoms with Crippen LogP contribution in [0.1, 0.15) is 30.5 Å². The highest BCUT2D eigenvalue weighted by Gasteiger charge is 2.35. The molecular weight excluding hydrogens is 757 g/mol. The standard InChI is InChI=1S/C46H36N2.C12H8S/c1-31-26-33(32-22-25-45-41(29-32)40-19-11-13-21-44(40)48(45)35-16-8-5-9-17-35)28-37(27-31)47(34-14-6-4-7-15-34)36-23-24-39-38-18-10-12-20-42(38)46(2,3)43(39)30-36;1-3-7-11-9(5-1)10-6-2-4-8-12(10)13-11/h4-30H,1-3H3;1-8H. The molecule has 0 bridgehead atoms. The number of aryl methyl sites for hydroxylation is 1. The highest BCUT2D eigenvalue weighted by atomic mass is 32.1. The molecule has 0 fully saturated rings. The maximum absolute atomic E-state index is 2.41. The number of aromatic nitrogens is 1. The van der Waals surface area contributed by atoms with E-state index in [1.54, 1.807) is 0 Å². The minimum atomic E-state index is -0.0730. The van der Waals surface area contributed by atoms with Crippen LogP contribution in [0.25, 0.3) is 69.9 Å². The quantitative estimate of drug-likeness (QED) is 0.168. The van der Waals surface area contributed by atoms with Gasteiger partial charge in [-0.15, -0.1) is 11.3 Å². The lowest BCUT2D eigenvalue weighted by molar-refractivity contribution is 0.660. The van der Waals surface area contributed by atoms with E-state index in [1.165, 1.54) is 92.3 Å². The number of hydrogen-bond donors (Lipinski definition) is 0. The molecule has 0 saturated carbocycles. The molecule has 0 aliphatic heterocycles. The fourth-order valence-electron chi connectivity index (χ4n) is 9.60. The summed E-state index contributed by atoms with van der Waals surface area (Å²) in [5.74, 6) is 0. The SMILES string of the molecule is Cc1cc(-c2ccc3c(c2)c2ccccc2n3-c2ccccc2)cc(N(c2ccccc2)c2ccc3c(c2)C(C)(C)c2ccccc2-3)c1.c1ccc2c(c1)sc1ccccc12. The van der Waals surface area contributed by atoms with Crippen molar-refractivity contribution < 1.29 is 0 Å². The fourth-order valence-corrected chi connectivity index (χ4v) is 10.7. The van der Waals surface area contributed by atoms with Crippen LogP contribution in [-0.2, 0) is 5.41 Å². The summed E-state index contributed by atoms with van der Waals surface area (Å²) >= 11 is 1.86. The Morgan fingerprint density at radius 2 is 1.02 bits per heavy atom. The Morgan fingerprint density at radius 1 is 0.410 bits per heavy atom. The summed E-state index contributed by atoms with van der Waals surface area (Å²) in [7, 11) is 0. The molecule has 2 aromatic heterocycles. The summed E-state index contributed by atoms with van der Waals surface area (Å²) in [6.07, 6.45) is 0. The molecule has 0 amide bonds. The fraction of sp³-hybridized carbons (Fsp3) is 0.0690. The Bertz CT molecular complexity index is 3360. The molecule has 9 aromatic carbocycles. The van der Waals surface area contributed by atoms with Crippen molar-refractivity contribution in [3.05, 3.63) is 229 Å². The van der Waals surface area contributed by atoms with Crippen molar-refractivity contribution in [2.24, 2.45) is 0 Å². The predicted molar refractivity (Wildman–Crippen MR) is 263 cm³/mol. The topological polar surface area (TPSA) is 8.17 Å². The Kier molecular flexibility index (Phi) is 8.95. The van der Waals surface area contributed by atoms with E-state index in [0.717, 1.165) is 11.4 Å². The highest BCUT2D eigenvalue weighted by Crippen LogP contribution is 2.51. The van der Waals surface area contributed by atoms with Gasteiger partial charge in [0.25, 0.3) is 0 Å². The third kappa shape index (κ3) is 6.32. The summed E-state index contributed by atoms with van der Waals surface area (Å²) in [6, 6.07) is 77.1. The Labute approximate surface area is 361 Å². The molecule has 61 heavy (non-hydrogen) atoms. The second kappa shape index (κ2) is 14.8. The van der Waals surface area contributed by atoms with Crippen molar-refractivity contribution in [1.29, 1.82) is 0 Å². The van der Waals surface area contributed by atoms with Crippen LogP contribution in [0.2, 0.25) is 0 Å². The van der Waals surface area contributed by atoms with E-state index in [1.807, 2.05) is 11.3 Å². The number of hydrogen-bond acceptors (Lipinski definition) is 2. The van der Waals surface area contributed by atoms with Gasteiger partial charge in [-0.1, -0.05) is 147 Å². The number of nitrogens with zero attached hydrogens (tertiary/aromatic N) is 2. The van der Waals surface area contributed by atoms with Crippen LogP contribution < -0.4 is 4.90 Å². The average molecular weight is 801 g/mol. The lowest BCUT2D eigenvalue weighted by Gasteiger charge is -2.28. The molecule has 0 atom stereocenters. The Hall–Kier alpha value is -7.20. The van der Waals surface area contributed by atoms with E-state index < -0.39 is 0 Å². The van der Waals surface area contributed by atoms with Gasteiger partial charge in [-0.05, 0) is 125 Å². The lowest BCUT2D eigenvalue weighted by atomic mass is 9.82. The van der Waals surface area contributed by atoms with Gasteiger partial charge in [0.15, 0.2) is 0 Å². The zero-order valence-corrected chi connectivity index (χ0v) is 35.3. The minimum Gasteiger partial charge on any atom is -0.310 e. The van der Waals surface area contributed by atoms with Crippen molar-refractivity contribution in [3.8, 4) is 27.9 Å². The van der Waals surface area contributed by atoms with Crippen molar-refractivity contribution in [2.75, 3.05) is 4.90 Å².